The first kappa shape index (κ1) is 56.3. The standard InChI is InChI=1S/C68H34F2N10O8S6/c69-33-21-38-48(39(70)22-33)60(82)62(84)50(38)74-41-26-72-54(56-52(41)76-94-78-56)47-24-43-64(92-47)66-58(80(43)68(86)88-28-30-11-5-2-6-12-30)36-18-16-32(20-45(36)90-66)31-15-17-34-37(19-31)59(81)61(83)49(34)73-40-25-71-53(55-51(40)75-93-77-55)46-23-42-63(91-46)65-57(35-13-7-8-14-44(35)89-65)79(42)67(85)87-27-29-9-3-1-4-10-29/h1-26,61-62,83-84H,27-28H2/b73-49-,74-50-. The molecule has 18 nitrogen and oxygen atoms in total. The number of rotatable bonds is 9. The molecule has 0 amide bonds. The summed E-state index contributed by atoms with van der Waals surface area (Å²) in [4.78, 5) is 76.1. The predicted molar refractivity (Wildman–Crippen MR) is 363 cm³/mol. The highest BCUT2D eigenvalue weighted by Gasteiger charge is 2.40. The van der Waals surface area contributed by atoms with Crippen LogP contribution in [-0.2, 0) is 22.7 Å². The summed E-state index contributed by atoms with van der Waals surface area (Å²) in [5.41, 5.74) is 8.56. The van der Waals surface area contributed by atoms with E-state index in [0.29, 0.717) is 72.2 Å². The van der Waals surface area contributed by atoms with E-state index in [0.717, 1.165) is 95.6 Å². The summed E-state index contributed by atoms with van der Waals surface area (Å²) >= 11 is 7.80. The second kappa shape index (κ2) is 21.6. The van der Waals surface area contributed by atoms with Gasteiger partial charge in [0.05, 0.1) is 103 Å². The smallest absolute Gasteiger partial charge is 0.419 e. The number of aliphatic imine (C=N–C) groups is 2. The molecule has 10 heterocycles. The van der Waals surface area contributed by atoms with E-state index in [1.807, 2.05) is 121 Å². The van der Waals surface area contributed by atoms with Gasteiger partial charge in [-0.2, -0.15) is 17.5 Å². The maximum atomic E-state index is 14.8. The molecule has 0 spiro atoms. The number of halogens is 2. The Kier molecular flexibility index (Phi) is 12.9. The average Bonchev–Trinajstić information content (AvgIpc) is 1.56. The summed E-state index contributed by atoms with van der Waals surface area (Å²) in [6, 6.07) is 43.3. The molecule has 26 heteroatoms. The molecule has 2 N–H and O–H groups in total. The number of fused-ring (bicyclic) bond motifs is 14. The van der Waals surface area contributed by atoms with Gasteiger partial charge < -0.3 is 19.7 Å². The third-order valence-corrected chi connectivity index (χ3v) is 22.7. The van der Waals surface area contributed by atoms with Crippen molar-refractivity contribution < 1.29 is 47.6 Å². The molecule has 16 aromatic rings. The largest absolute Gasteiger partial charge is 0.444 e. The van der Waals surface area contributed by atoms with Crippen molar-refractivity contribution in [1.29, 1.82) is 0 Å². The molecule has 6 aromatic carbocycles. The molecule has 2 atom stereocenters. The van der Waals surface area contributed by atoms with E-state index in [9.17, 15) is 38.2 Å². The molecular formula is C68H34F2N10O8S6. The SMILES string of the molecule is O=C1c2cc(-c3ccc4c(c3)sc3c5sc(-c6ncc(/N=C7/c8cc(F)cc(F)c8C(=O)C7O)c7nsnc67)cc5n(C(=O)OCc5ccccc5)c43)ccc2/C(=N/c2cnc(-c3cc4c(s3)c3sc5ccccc5c3n4C(=O)OCc3ccccc3)c3nsnc23)C1O. The summed E-state index contributed by atoms with van der Waals surface area (Å²) in [5.74, 6) is -3.52. The van der Waals surface area contributed by atoms with Crippen molar-refractivity contribution in [2.45, 2.75) is 25.4 Å². The van der Waals surface area contributed by atoms with Crippen LogP contribution in [0.2, 0.25) is 0 Å². The Hall–Kier alpha value is -10.4. The zero-order valence-electron chi connectivity index (χ0n) is 47.6. The van der Waals surface area contributed by atoms with Crippen molar-refractivity contribution >= 4 is 198 Å². The molecule has 10 aromatic heterocycles. The van der Waals surface area contributed by atoms with E-state index >= 15 is 0 Å². The molecule has 2 unspecified atom stereocenters. The highest BCUT2D eigenvalue weighted by atomic mass is 32.1. The van der Waals surface area contributed by atoms with Crippen LogP contribution in [0.5, 0.6) is 0 Å². The van der Waals surface area contributed by atoms with Gasteiger partial charge in [0.25, 0.3) is 0 Å². The summed E-state index contributed by atoms with van der Waals surface area (Å²) < 4.78 is 68.0. The van der Waals surface area contributed by atoms with Gasteiger partial charge in [-0.3, -0.25) is 19.6 Å². The van der Waals surface area contributed by atoms with Crippen molar-refractivity contribution in [2.24, 2.45) is 9.98 Å². The number of ketones is 2. The third kappa shape index (κ3) is 8.71. The van der Waals surface area contributed by atoms with E-state index in [4.69, 9.17) is 24.4 Å². The Morgan fingerprint density at radius 1 is 0.511 bits per heavy atom. The van der Waals surface area contributed by atoms with Crippen molar-refractivity contribution in [3.05, 3.63) is 203 Å². The van der Waals surface area contributed by atoms with E-state index in [1.165, 1.54) is 40.2 Å². The summed E-state index contributed by atoms with van der Waals surface area (Å²) in [5, 5.41) is 24.3. The molecular weight excluding hydrogens is 1320 g/mol. The number of aliphatic hydroxyl groups is 2. The second-order valence-corrected chi connectivity index (χ2v) is 27.4. The van der Waals surface area contributed by atoms with Gasteiger partial charge in [-0.15, -0.1) is 45.3 Å². The quantitative estimate of drug-likeness (QED) is 0.137. The van der Waals surface area contributed by atoms with Crippen LogP contribution in [0.3, 0.4) is 0 Å². The zero-order chi connectivity index (χ0) is 63.4. The second-order valence-electron chi connectivity index (χ2n) is 22.2. The Balaban J connectivity index is 0.681. The molecule has 0 bridgehead atoms. The number of Topliss-reactive ketones (excluding diaryl/α,β-unsaturated/α-hetero) is 2. The number of pyridine rings is 2. The third-order valence-electron chi connectivity index (χ3n) is 16.8. The lowest BCUT2D eigenvalue weighted by Gasteiger charge is -2.08. The Morgan fingerprint density at radius 2 is 1.02 bits per heavy atom. The average molecular weight is 1350 g/mol. The first-order valence-electron chi connectivity index (χ1n) is 28.8. The summed E-state index contributed by atoms with van der Waals surface area (Å²) in [6.07, 6.45) is -1.62. The van der Waals surface area contributed by atoms with Crippen molar-refractivity contribution in [2.75, 3.05) is 0 Å². The fourth-order valence-corrected chi connectivity index (χ4v) is 18.5. The van der Waals surface area contributed by atoms with Gasteiger partial charge in [0.1, 0.15) is 69.7 Å². The molecule has 2 aliphatic carbocycles. The number of nitrogens with zero attached hydrogens (tertiary/aromatic N) is 10. The molecule has 0 radical (unpaired) electrons. The number of carbonyl (C=O) groups excluding carboxylic acids is 4. The first-order chi connectivity index (χ1) is 45.9. The maximum Gasteiger partial charge on any atom is 0.419 e. The molecule has 0 saturated carbocycles. The molecule has 2 aliphatic rings. The van der Waals surface area contributed by atoms with Gasteiger partial charge in [0, 0.05) is 42.9 Å². The molecule has 94 heavy (non-hydrogen) atoms. The zero-order valence-corrected chi connectivity index (χ0v) is 52.5. The van der Waals surface area contributed by atoms with Gasteiger partial charge in [-0.1, -0.05) is 103 Å². The molecule has 0 fully saturated rings. The fraction of sp³-hybridized carbons (Fsp3) is 0.0588. The van der Waals surface area contributed by atoms with E-state index in [-0.39, 0.29) is 47.0 Å². The number of hydrogen-bond donors (Lipinski definition) is 2. The number of hydrogen-bond acceptors (Lipinski definition) is 22. The van der Waals surface area contributed by atoms with Gasteiger partial charge in [-0.05, 0) is 58.7 Å². The number of aromatic nitrogens is 8. The Morgan fingerprint density at radius 3 is 1.63 bits per heavy atom. The van der Waals surface area contributed by atoms with Crippen LogP contribution in [-0.4, -0.2) is 94.2 Å². The monoisotopic (exact) mass is 1350 g/mol. The summed E-state index contributed by atoms with van der Waals surface area (Å²) in [7, 11) is 0. The van der Waals surface area contributed by atoms with Gasteiger partial charge in [0.2, 0.25) is 5.78 Å². The van der Waals surface area contributed by atoms with E-state index < -0.39 is 53.2 Å². The number of benzene rings is 6. The van der Waals surface area contributed by atoms with Crippen LogP contribution in [0, 0.1) is 11.6 Å². The van der Waals surface area contributed by atoms with E-state index in [2.05, 4.69) is 22.5 Å². The number of aliphatic hydroxyl groups excluding tert-OH is 2. The molecule has 0 aliphatic heterocycles. The fourth-order valence-electron chi connectivity index (χ4n) is 12.4. The van der Waals surface area contributed by atoms with Gasteiger partial charge in [-0.25, -0.2) is 37.5 Å². The van der Waals surface area contributed by atoms with Crippen molar-refractivity contribution in [3.8, 4) is 32.3 Å². The minimum atomic E-state index is -1.85. The number of carbonyl (C=O) groups is 4. The Labute approximate surface area is 549 Å². The van der Waals surface area contributed by atoms with Crippen LogP contribution >= 0.6 is 68.8 Å². The maximum absolute atomic E-state index is 14.8. The Bertz CT molecular complexity index is 6080. The van der Waals surface area contributed by atoms with Crippen LogP contribution in [0.1, 0.15) is 43.0 Å². The lowest BCUT2D eigenvalue weighted by Crippen LogP contribution is -2.21. The van der Waals surface area contributed by atoms with Gasteiger partial charge >= 0.3 is 12.2 Å². The number of thiophene rings is 4. The van der Waals surface area contributed by atoms with Crippen LogP contribution in [0.25, 0.3) is 115 Å². The van der Waals surface area contributed by atoms with Crippen LogP contribution in [0.4, 0.5) is 29.7 Å². The topological polar surface area (TPSA) is 239 Å². The van der Waals surface area contributed by atoms with Crippen LogP contribution < -0.4 is 0 Å². The first-order valence-corrected chi connectivity index (χ1v) is 33.5. The minimum absolute atomic E-state index is 0.00224. The van der Waals surface area contributed by atoms with Crippen molar-refractivity contribution in [3.63, 3.8) is 0 Å². The van der Waals surface area contributed by atoms with E-state index in [1.54, 1.807) is 38.8 Å². The minimum Gasteiger partial charge on any atom is -0.444 e. The summed E-state index contributed by atoms with van der Waals surface area (Å²) in [6.45, 7) is 0.101. The van der Waals surface area contributed by atoms with Gasteiger partial charge in [0.15, 0.2) is 18.0 Å². The normalized spacial score (nSPS) is 15.7. The van der Waals surface area contributed by atoms with Crippen LogP contribution in [0.15, 0.2) is 168 Å². The highest BCUT2D eigenvalue weighted by Crippen LogP contribution is 2.50. The van der Waals surface area contributed by atoms with Crippen molar-refractivity contribution in [1.82, 2.24) is 36.6 Å². The highest BCUT2D eigenvalue weighted by molar-refractivity contribution is 7.33. The lowest BCUT2D eigenvalue weighted by atomic mass is 9.99. The molecule has 454 valence electrons. The predicted octanol–water partition coefficient (Wildman–Crippen LogP) is 16.3. The lowest BCUT2D eigenvalue weighted by molar-refractivity contribution is 0.0849. The molecule has 18 rings (SSSR count). The molecule has 0 saturated heterocycles. The number of ether oxygens (including phenoxy) is 2.